The van der Waals surface area contributed by atoms with E-state index in [2.05, 4.69) is 0 Å². The highest BCUT2D eigenvalue weighted by molar-refractivity contribution is 5.93. The highest BCUT2D eigenvalue weighted by atomic mass is 19.1. The molecular formula is C23H22FNO3. The van der Waals surface area contributed by atoms with Gasteiger partial charge in [0.15, 0.2) is 5.75 Å². The summed E-state index contributed by atoms with van der Waals surface area (Å²) in [6, 6.07) is 24.1. The van der Waals surface area contributed by atoms with Crippen molar-refractivity contribution >= 4 is 11.6 Å². The topological polar surface area (TPSA) is 38.8 Å². The van der Waals surface area contributed by atoms with Crippen molar-refractivity contribution in [2.24, 2.45) is 0 Å². The van der Waals surface area contributed by atoms with Gasteiger partial charge in [-0.3, -0.25) is 4.79 Å². The third kappa shape index (κ3) is 4.88. The average Bonchev–Trinajstić information content (AvgIpc) is 2.72. The molecular weight excluding hydrogens is 357 g/mol. The van der Waals surface area contributed by atoms with Crippen molar-refractivity contribution in [3.8, 4) is 17.2 Å². The molecule has 3 aromatic rings. The van der Waals surface area contributed by atoms with E-state index in [4.69, 9.17) is 9.47 Å². The lowest BCUT2D eigenvalue weighted by molar-refractivity contribution is -0.116. The molecule has 0 aromatic heterocycles. The van der Waals surface area contributed by atoms with Gasteiger partial charge in [0.05, 0.1) is 12.2 Å². The van der Waals surface area contributed by atoms with Gasteiger partial charge in [0, 0.05) is 12.5 Å². The van der Waals surface area contributed by atoms with Gasteiger partial charge in [0.2, 0.25) is 5.91 Å². The minimum atomic E-state index is -0.571. The van der Waals surface area contributed by atoms with Crippen molar-refractivity contribution in [1.82, 2.24) is 0 Å². The molecule has 0 aliphatic carbocycles. The van der Waals surface area contributed by atoms with E-state index in [1.54, 1.807) is 11.0 Å². The third-order valence-corrected chi connectivity index (χ3v) is 4.14. The van der Waals surface area contributed by atoms with E-state index in [9.17, 15) is 9.18 Å². The molecule has 0 bridgehead atoms. The molecule has 0 aliphatic heterocycles. The normalized spacial score (nSPS) is 10.4. The number of anilines is 1. The zero-order chi connectivity index (χ0) is 19.8. The van der Waals surface area contributed by atoms with Crippen molar-refractivity contribution in [2.75, 3.05) is 18.2 Å². The van der Waals surface area contributed by atoms with Gasteiger partial charge < -0.3 is 14.4 Å². The van der Waals surface area contributed by atoms with Crippen LogP contribution in [0.4, 0.5) is 10.1 Å². The van der Waals surface area contributed by atoms with Crippen LogP contribution in [-0.4, -0.2) is 19.2 Å². The Bertz CT molecular complexity index is 914. The van der Waals surface area contributed by atoms with E-state index < -0.39 is 6.67 Å². The minimum absolute atomic E-state index is 0.0230. The van der Waals surface area contributed by atoms with Crippen LogP contribution in [0.25, 0.3) is 0 Å². The Labute approximate surface area is 164 Å². The molecule has 4 nitrogen and oxygen atoms in total. The molecule has 1 amide bonds. The van der Waals surface area contributed by atoms with Crippen molar-refractivity contribution in [2.45, 2.75) is 13.5 Å². The van der Waals surface area contributed by atoms with Gasteiger partial charge in [0.25, 0.3) is 0 Å². The summed E-state index contributed by atoms with van der Waals surface area (Å²) in [5, 5.41) is 0. The second-order valence-electron chi connectivity index (χ2n) is 6.13. The minimum Gasteiger partial charge on any atom is -0.491 e. The molecule has 3 rings (SSSR count). The van der Waals surface area contributed by atoms with Crippen LogP contribution in [0.3, 0.4) is 0 Å². The molecule has 0 saturated carbocycles. The Morgan fingerprint density at radius 1 is 0.893 bits per heavy atom. The van der Waals surface area contributed by atoms with Gasteiger partial charge in [0.1, 0.15) is 24.8 Å². The smallest absolute Gasteiger partial charge is 0.224 e. The second kappa shape index (κ2) is 9.55. The number of nitrogens with zero attached hydrogens (tertiary/aromatic N) is 1. The molecule has 0 unspecified atom stereocenters. The quantitative estimate of drug-likeness (QED) is 0.527. The van der Waals surface area contributed by atoms with Crippen molar-refractivity contribution in [3.63, 3.8) is 0 Å². The number of alkyl halides is 1. The van der Waals surface area contributed by atoms with Crippen LogP contribution >= 0.6 is 0 Å². The molecule has 5 heteroatoms. The van der Waals surface area contributed by atoms with Crippen LogP contribution in [0.5, 0.6) is 17.2 Å². The van der Waals surface area contributed by atoms with Gasteiger partial charge in [-0.25, -0.2) is 4.39 Å². The number of carbonyl (C=O) groups excluding carboxylic acids is 1. The Hall–Kier alpha value is -3.34. The molecule has 0 spiro atoms. The highest BCUT2D eigenvalue weighted by Crippen LogP contribution is 2.34. The first-order valence-electron chi connectivity index (χ1n) is 9.05. The predicted octanol–water partition coefficient (Wildman–Crippen LogP) is 5.38. The molecule has 0 atom stereocenters. The highest BCUT2D eigenvalue weighted by Gasteiger charge is 2.19. The Morgan fingerprint density at radius 2 is 1.54 bits per heavy atom. The lowest BCUT2D eigenvalue weighted by Gasteiger charge is -2.25. The summed E-state index contributed by atoms with van der Waals surface area (Å²) >= 11 is 0. The molecule has 0 aliphatic rings. The molecule has 0 saturated heterocycles. The number of carbonyl (C=O) groups is 1. The van der Waals surface area contributed by atoms with E-state index in [0.29, 0.717) is 22.9 Å². The molecule has 144 valence electrons. The number of para-hydroxylation sites is 4. The van der Waals surface area contributed by atoms with Crippen molar-refractivity contribution < 1.29 is 18.7 Å². The number of hydrogen-bond acceptors (Lipinski definition) is 3. The Kier molecular flexibility index (Phi) is 6.63. The zero-order valence-electron chi connectivity index (χ0n) is 15.7. The van der Waals surface area contributed by atoms with Crippen LogP contribution in [0.1, 0.15) is 12.5 Å². The second-order valence-corrected chi connectivity index (χ2v) is 6.13. The fourth-order valence-electron chi connectivity index (χ4n) is 2.84. The Morgan fingerprint density at radius 3 is 2.25 bits per heavy atom. The zero-order valence-corrected chi connectivity index (χ0v) is 15.7. The average molecular weight is 379 g/mol. The number of rotatable bonds is 8. The van der Waals surface area contributed by atoms with Crippen LogP contribution in [-0.2, 0) is 11.3 Å². The number of benzene rings is 3. The largest absolute Gasteiger partial charge is 0.491 e. The first-order valence-corrected chi connectivity index (χ1v) is 9.05. The van der Waals surface area contributed by atoms with Crippen LogP contribution in [0.15, 0.2) is 78.9 Å². The van der Waals surface area contributed by atoms with Crippen LogP contribution < -0.4 is 14.4 Å². The van der Waals surface area contributed by atoms with Gasteiger partial charge >= 0.3 is 0 Å². The predicted molar refractivity (Wildman–Crippen MR) is 108 cm³/mol. The van der Waals surface area contributed by atoms with Gasteiger partial charge in [-0.15, -0.1) is 0 Å². The van der Waals surface area contributed by atoms with E-state index >= 15 is 0 Å². The monoisotopic (exact) mass is 379 g/mol. The number of halogens is 1. The summed E-state index contributed by atoms with van der Waals surface area (Å²) in [6.07, 6.45) is 0. The maximum Gasteiger partial charge on any atom is 0.224 e. The maximum absolute atomic E-state index is 12.5. The lowest BCUT2D eigenvalue weighted by atomic mass is 10.1. The molecule has 0 heterocycles. The van der Waals surface area contributed by atoms with Gasteiger partial charge in [-0.05, 0) is 30.3 Å². The lowest BCUT2D eigenvalue weighted by Crippen LogP contribution is -2.28. The number of ether oxygens (including phenoxy) is 2. The number of amides is 1. The molecule has 0 radical (unpaired) electrons. The van der Waals surface area contributed by atoms with E-state index in [0.717, 1.165) is 5.56 Å². The Balaban J connectivity index is 1.91. The number of hydrogen-bond donors (Lipinski definition) is 0. The summed E-state index contributed by atoms with van der Waals surface area (Å²) in [5.74, 6) is 1.69. The standard InChI is InChI=1S/C23H22FNO3/c1-18(26)25(17-19-9-5-7-13-22(19)27-16-15-24)21-12-6-8-14-23(21)28-20-10-3-2-4-11-20/h2-14H,15-17H2,1H3. The summed E-state index contributed by atoms with van der Waals surface area (Å²) in [6.45, 7) is 1.20. The third-order valence-electron chi connectivity index (χ3n) is 4.14. The summed E-state index contributed by atoms with van der Waals surface area (Å²) < 4.78 is 24.0. The van der Waals surface area contributed by atoms with Crippen molar-refractivity contribution in [3.05, 3.63) is 84.4 Å². The van der Waals surface area contributed by atoms with Crippen LogP contribution in [0.2, 0.25) is 0 Å². The maximum atomic E-state index is 12.5. The van der Waals surface area contributed by atoms with Crippen LogP contribution in [0, 0.1) is 0 Å². The SMILES string of the molecule is CC(=O)N(Cc1ccccc1OCCF)c1ccccc1Oc1ccccc1. The summed E-state index contributed by atoms with van der Waals surface area (Å²) in [4.78, 5) is 14.1. The first kappa shape index (κ1) is 19.4. The van der Waals surface area contributed by atoms with E-state index in [1.165, 1.54) is 6.92 Å². The van der Waals surface area contributed by atoms with Gasteiger partial charge in [-0.1, -0.05) is 48.5 Å². The van der Waals surface area contributed by atoms with E-state index in [-0.39, 0.29) is 19.1 Å². The first-order chi connectivity index (χ1) is 13.7. The molecule has 3 aromatic carbocycles. The van der Waals surface area contributed by atoms with E-state index in [1.807, 2.05) is 72.8 Å². The fourth-order valence-corrected chi connectivity index (χ4v) is 2.84. The van der Waals surface area contributed by atoms with Gasteiger partial charge in [-0.2, -0.15) is 0 Å². The fraction of sp³-hybridized carbons (Fsp3) is 0.174. The summed E-state index contributed by atoms with van der Waals surface area (Å²) in [7, 11) is 0. The molecule has 0 fully saturated rings. The summed E-state index contributed by atoms with van der Waals surface area (Å²) in [5.41, 5.74) is 1.44. The van der Waals surface area contributed by atoms with Crippen molar-refractivity contribution in [1.29, 1.82) is 0 Å². The molecule has 0 N–H and O–H groups in total. The molecule has 28 heavy (non-hydrogen) atoms.